The lowest BCUT2D eigenvalue weighted by molar-refractivity contribution is -0.137. The van der Waals surface area contributed by atoms with Crippen molar-refractivity contribution in [3.05, 3.63) is 11.6 Å². The summed E-state index contributed by atoms with van der Waals surface area (Å²) in [7, 11) is 0. The molecular formula is C21H36N2O3. The summed E-state index contributed by atoms with van der Waals surface area (Å²) in [5.41, 5.74) is 0.819. The first-order chi connectivity index (χ1) is 12.1. The van der Waals surface area contributed by atoms with Gasteiger partial charge in [-0.15, -0.1) is 0 Å². The number of carbonyl (C=O) groups excluding carboxylic acids is 3. The summed E-state index contributed by atoms with van der Waals surface area (Å²) in [4.78, 5) is 37.3. The van der Waals surface area contributed by atoms with Crippen molar-refractivity contribution in [3.63, 3.8) is 0 Å². The third-order valence-electron chi connectivity index (χ3n) is 5.94. The van der Waals surface area contributed by atoms with Gasteiger partial charge >= 0.3 is 0 Å². The van der Waals surface area contributed by atoms with Gasteiger partial charge in [0.2, 0.25) is 11.8 Å². The number of Topliss-reactive ketones (excluding diaryl/α,β-unsaturated/α-hetero) is 1. The molecule has 1 rings (SSSR count). The summed E-state index contributed by atoms with van der Waals surface area (Å²) in [6.45, 7) is 13.5. The molecule has 0 saturated heterocycles. The van der Waals surface area contributed by atoms with Crippen molar-refractivity contribution >= 4 is 17.6 Å². The van der Waals surface area contributed by atoms with E-state index in [9.17, 15) is 14.4 Å². The maximum absolute atomic E-state index is 12.7. The average molecular weight is 365 g/mol. The quantitative estimate of drug-likeness (QED) is 0.617. The molecule has 0 heterocycles. The van der Waals surface area contributed by atoms with E-state index in [1.165, 1.54) is 0 Å². The number of ketones is 1. The molecule has 1 aliphatic carbocycles. The van der Waals surface area contributed by atoms with E-state index in [1.54, 1.807) is 0 Å². The topological polar surface area (TPSA) is 75.3 Å². The number of rotatable bonds is 9. The van der Waals surface area contributed by atoms with Gasteiger partial charge in [-0.3, -0.25) is 14.4 Å². The molecule has 0 aromatic rings. The van der Waals surface area contributed by atoms with E-state index in [0.717, 1.165) is 24.8 Å². The van der Waals surface area contributed by atoms with E-state index in [4.69, 9.17) is 0 Å². The molecular weight excluding hydrogens is 328 g/mol. The number of hydrogen-bond acceptors (Lipinski definition) is 3. The van der Waals surface area contributed by atoms with Gasteiger partial charge in [0, 0.05) is 5.92 Å². The Morgan fingerprint density at radius 3 is 2.19 bits per heavy atom. The predicted molar refractivity (Wildman–Crippen MR) is 105 cm³/mol. The molecule has 26 heavy (non-hydrogen) atoms. The lowest BCUT2D eigenvalue weighted by atomic mass is 9.56. The fourth-order valence-corrected chi connectivity index (χ4v) is 3.91. The number of nitrogens with one attached hydrogen (secondary N) is 2. The Hall–Kier alpha value is -1.65. The maximum atomic E-state index is 12.7. The summed E-state index contributed by atoms with van der Waals surface area (Å²) in [5, 5.41) is 5.61. The highest BCUT2D eigenvalue weighted by molar-refractivity contribution is 5.93. The molecule has 2 atom stereocenters. The van der Waals surface area contributed by atoms with Crippen LogP contribution in [-0.4, -0.2) is 30.2 Å². The minimum absolute atomic E-state index is 0.0801. The van der Waals surface area contributed by atoms with Crippen LogP contribution in [0.3, 0.4) is 0 Å². The normalized spacial score (nSPS) is 25.2. The first kappa shape index (κ1) is 22.4. The molecule has 2 N–H and O–H groups in total. The lowest BCUT2D eigenvalue weighted by Crippen LogP contribution is -2.59. The zero-order valence-corrected chi connectivity index (χ0v) is 17.4. The van der Waals surface area contributed by atoms with Crippen LogP contribution in [-0.2, 0) is 14.4 Å². The van der Waals surface area contributed by atoms with Crippen LogP contribution in [0.1, 0.15) is 67.7 Å². The highest BCUT2D eigenvalue weighted by Gasteiger charge is 2.50. The molecule has 2 amide bonds. The van der Waals surface area contributed by atoms with Crippen molar-refractivity contribution in [1.82, 2.24) is 10.6 Å². The molecule has 0 aliphatic heterocycles. The van der Waals surface area contributed by atoms with Crippen molar-refractivity contribution in [3.8, 4) is 0 Å². The summed E-state index contributed by atoms with van der Waals surface area (Å²) < 4.78 is 0. The number of amides is 2. The van der Waals surface area contributed by atoms with E-state index in [1.807, 2.05) is 40.7 Å². The Morgan fingerprint density at radius 1 is 1.19 bits per heavy atom. The van der Waals surface area contributed by atoms with E-state index in [0.29, 0.717) is 5.92 Å². The van der Waals surface area contributed by atoms with E-state index in [-0.39, 0.29) is 41.4 Å². The zero-order valence-electron chi connectivity index (χ0n) is 17.4. The molecule has 0 aromatic carbocycles. The molecule has 5 nitrogen and oxygen atoms in total. The van der Waals surface area contributed by atoms with E-state index >= 15 is 0 Å². The predicted octanol–water partition coefficient (Wildman–Crippen LogP) is 3.24. The molecule has 1 fully saturated rings. The van der Waals surface area contributed by atoms with Gasteiger partial charge in [0.25, 0.3) is 0 Å². The second-order valence-electron chi connectivity index (χ2n) is 8.26. The van der Waals surface area contributed by atoms with Crippen molar-refractivity contribution < 1.29 is 14.4 Å². The van der Waals surface area contributed by atoms with Gasteiger partial charge in [0.1, 0.15) is 0 Å². The van der Waals surface area contributed by atoms with Crippen molar-refractivity contribution in [2.75, 3.05) is 6.54 Å². The second-order valence-corrected chi connectivity index (χ2v) is 8.26. The smallest absolute Gasteiger partial charge is 0.239 e. The van der Waals surface area contributed by atoms with Crippen LogP contribution in [0.25, 0.3) is 0 Å². The molecule has 2 unspecified atom stereocenters. The zero-order chi connectivity index (χ0) is 20.1. The number of carbonyl (C=O) groups is 3. The third kappa shape index (κ3) is 5.18. The highest BCUT2D eigenvalue weighted by Crippen LogP contribution is 2.51. The Kier molecular flexibility index (Phi) is 8.04. The number of allylic oxidation sites excluding steroid dienone is 1. The molecule has 0 bridgehead atoms. The van der Waals surface area contributed by atoms with Gasteiger partial charge in [0.15, 0.2) is 5.78 Å². The van der Waals surface area contributed by atoms with Crippen molar-refractivity contribution in [2.24, 2.45) is 23.2 Å². The Morgan fingerprint density at radius 2 is 1.77 bits per heavy atom. The minimum Gasteiger partial charge on any atom is -0.347 e. The van der Waals surface area contributed by atoms with Crippen LogP contribution in [0, 0.1) is 23.2 Å². The summed E-state index contributed by atoms with van der Waals surface area (Å²) >= 11 is 0. The molecule has 5 heteroatoms. The van der Waals surface area contributed by atoms with E-state index < -0.39 is 6.04 Å². The highest BCUT2D eigenvalue weighted by atomic mass is 16.2. The van der Waals surface area contributed by atoms with Crippen LogP contribution >= 0.6 is 0 Å². The Bertz CT molecular complexity index is 560. The number of hydrogen-bond donors (Lipinski definition) is 2. The Balaban J connectivity index is 2.75. The molecule has 0 aromatic heterocycles. The van der Waals surface area contributed by atoms with Gasteiger partial charge in [-0.25, -0.2) is 0 Å². The molecule has 1 saturated carbocycles. The fourth-order valence-electron chi connectivity index (χ4n) is 3.91. The van der Waals surface area contributed by atoms with Crippen LogP contribution in [0.2, 0.25) is 0 Å². The standard InChI is InChI=1S/C21H36N2O3/c1-8-15(6)16(7)20(26)22-12-17(24)23-19(18(25)13(3)4)21(9-2)10-14(5)11-21/h8,13-14,16,19H,9-12H2,1-7H3,(H,22,26)(H,23,24). The van der Waals surface area contributed by atoms with Crippen LogP contribution in [0.15, 0.2) is 11.6 Å². The van der Waals surface area contributed by atoms with Crippen LogP contribution in [0.5, 0.6) is 0 Å². The van der Waals surface area contributed by atoms with Gasteiger partial charge < -0.3 is 10.6 Å². The van der Waals surface area contributed by atoms with Crippen LogP contribution in [0.4, 0.5) is 0 Å². The van der Waals surface area contributed by atoms with Gasteiger partial charge in [-0.1, -0.05) is 39.3 Å². The molecule has 1 aliphatic rings. The fraction of sp³-hybridized carbons (Fsp3) is 0.762. The van der Waals surface area contributed by atoms with Gasteiger partial charge in [-0.05, 0) is 51.4 Å². The monoisotopic (exact) mass is 364 g/mol. The van der Waals surface area contributed by atoms with E-state index in [2.05, 4.69) is 24.5 Å². The molecule has 0 spiro atoms. The summed E-state index contributed by atoms with van der Waals surface area (Å²) in [5.74, 6) is -0.211. The van der Waals surface area contributed by atoms with Gasteiger partial charge in [-0.2, -0.15) is 0 Å². The lowest BCUT2D eigenvalue weighted by Gasteiger charge is -2.51. The average Bonchev–Trinajstić information content (AvgIpc) is 2.59. The van der Waals surface area contributed by atoms with Crippen LogP contribution < -0.4 is 10.6 Å². The van der Waals surface area contributed by atoms with Crippen molar-refractivity contribution in [1.29, 1.82) is 0 Å². The first-order valence-electron chi connectivity index (χ1n) is 9.81. The molecule has 0 radical (unpaired) electrons. The summed E-state index contributed by atoms with van der Waals surface area (Å²) in [6.07, 6.45) is 4.67. The van der Waals surface area contributed by atoms with Gasteiger partial charge in [0.05, 0.1) is 18.5 Å². The largest absolute Gasteiger partial charge is 0.347 e. The Labute approximate surface area is 158 Å². The second kappa shape index (κ2) is 9.33. The van der Waals surface area contributed by atoms with Crippen molar-refractivity contribution in [2.45, 2.75) is 73.8 Å². The first-order valence-corrected chi connectivity index (χ1v) is 9.81. The summed E-state index contributed by atoms with van der Waals surface area (Å²) in [6, 6.07) is -0.470. The third-order valence-corrected chi connectivity index (χ3v) is 5.94. The minimum atomic E-state index is -0.470. The SMILES string of the molecule is CC=C(C)C(C)C(=O)NCC(=O)NC(C(=O)C(C)C)C1(CC)CC(C)C1. The maximum Gasteiger partial charge on any atom is 0.239 e. The molecule has 148 valence electrons.